The van der Waals surface area contributed by atoms with Gasteiger partial charge in [-0.1, -0.05) is 39.5 Å². The lowest BCUT2D eigenvalue weighted by molar-refractivity contribution is 0.528. The summed E-state index contributed by atoms with van der Waals surface area (Å²) >= 11 is 4.09. The van der Waals surface area contributed by atoms with E-state index in [4.69, 9.17) is 4.42 Å². The minimum absolute atomic E-state index is 0.494. The van der Waals surface area contributed by atoms with Crippen LogP contribution in [0.4, 0.5) is 0 Å². The van der Waals surface area contributed by atoms with Gasteiger partial charge in [0.25, 0.3) is 0 Å². The zero-order valence-electron chi connectivity index (χ0n) is 11.7. The lowest BCUT2D eigenvalue weighted by Gasteiger charge is -2.13. The summed E-state index contributed by atoms with van der Waals surface area (Å²) in [7, 11) is 0. The molecule has 0 N–H and O–H groups in total. The van der Waals surface area contributed by atoms with E-state index in [1.165, 1.54) is 50.0 Å². The predicted octanol–water partition coefficient (Wildman–Crippen LogP) is 6.13. The van der Waals surface area contributed by atoms with Crippen LogP contribution in [0.5, 0.6) is 0 Å². The molecule has 104 valence electrons. The van der Waals surface area contributed by atoms with Gasteiger partial charge in [0, 0.05) is 0 Å². The summed E-state index contributed by atoms with van der Waals surface area (Å²) < 4.78 is 6.06. The highest BCUT2D eigenvalue weighted by Crippen LogP contribution is 2.40. The lowest BCUT2D eigenvalue weighted by atomic mass is 10.3. The Morgan fingerprint density at radius 1 is 1.00 bits per heavy atom. The first kappa shape index (κ1) is 16.0. The Kier molecular flexibility index (Phi) is 9.68. The number of furan rings is 1. The summed E-state index contributed by atoms with van der Waals surface area (Å²) in [6.45, 7) is 4.52. The Bertz CT molecular complexity index is 260. The van der Waals surface area contributed by atoms with E-state index in [2.05, 4.69) is 19.9 Å². The van der Waals surface area contributed by atoms with E-state index in [0.29, 0.717) is 4.58 Å². The van der Waals surface area contributed by atoms with Gasteiger partial charge >= 0.3 is 0 Å². The molecule has 0 unspecified atom stereocenters. The molecule has 0 saturated carbocycles. The third-order valence-corrected chi connectivity index (χ3v) is 5.75. The van der Waals surface area contributed by atoms with Crippen molar-refractivity contribution < 1.29 is 4.42 Å². The molecule has 0 amide bonds. The Morgan fingerprint density at radius 3 is 2.06 bits per heavy atom. The molecule has 0 saturated heterocycles. The first-order valence-electron chi connectivity index (χ1n) is 7.15. The van der Waals surface area contributed by atoms with Crippen LogP contribution in [-0.2, 0) is 0 Å². The maximum Gasteiger partial charge on any atom is 0.126 e. The Balaban J connectivity index is 2.29. The summed E-state index contributed by atoms with van der Waals surface area (Å²) in [6, 6.07) is 4.12. The molecule has 0 bridgehead atoms. The lowest BCUT2D eigenvalue weighted by Crippen LogP contribution is -1.92. The molecular formula is C15H26OS2. The number of rotatable bonds is 11. The summed E-state index contributed by atoms with van der Waals surface area (Å²) in [4.78, 5) is 0. The van der Waals surface area contributed by atoms with Gasteiger partial charge < -0.3 is 4.42 Å². The van der Waals surface area contributed by atoms with Gasteiger partial charge in [0.1, 0.15) is 10.3 Å². The van der Waals surface area contributed by atoms with Crippen LogP contribution >= 0.6 is 23.5 Å². The highest BCUT2D eigenvalue weighted by Gasteiger charge is 2.14. The zero-order chi connectivity index (χ0) is 13.1. The largest absolute Gasteiger partial charge is 0.467 e. The van der Waals surface area contributed by atoms with Crippen molar-refractivity contribution in [2.45, 2.75) is 57.0 Å². The second kappa shape index (κ2) is 10.9. The number of hydrogen-bond acceptors (Lipinski definition) is 3. The van der Waals surface area contributed by atoms with Crippen molar-refractivity contribution in [2.24, 2.45) is 0 Å². The van der Waals surface area contributed by atoms with E-state index in [1.807, 2.05) is 29.6 Å². The minimum atomic E-state index is 0.494. The number of hydrogen-bond donors (Lipinski definition) is 0. The molecule has 0 aromatic carbocycles. The molecule has 1 aromatic rings. The van der Waals surface area contributed by atoms with Crippen LogP contribution in [0.3, 0.4) is 0 Å². The van der Waals surface area contributed by atoms with E-state index in [-0.39, 0.29) is 0 Å². The molecular weight excluding hydrogens is 260 g/mol. The summed E-state index contributed by atoms with van der Waals surface area (Å²) in [5.41, 5.74) is 0. The standard InChI is InChI=1S/C15H26OS2/c1-3-5-7-12-17-15(14-10-9-11-16-14)18-13-8-6-4-2/h9-11,15H,3-8,12-13H2,1-2H3. The van der Waals surface area contributed by atoms with E-state index < -0.39 is 0 Å². The molecule has 3 heteroatoms. The Morgan fingerprint density at radius 2 is 1.61 bits per heavy atom. The molecule has 0 aliphatic carbocycles. The van der Waals surface area contributed by atoms with Crippen molar-refractivity contribution >= 4 is 23.5 Å². The van der Waals surface area contributed by atoms with E-state index in [9.17, 15) is 0 Å². The molecule has 1 rings (SSSR count). The molecule has 1 heterocycles. The minimum Gasteiger partial charge on any atom is -0.467 e. The van der Waals surface area contributed by atoms with E-state index in [1.54, 1.807) is 6.26 Å². The maximum atomic E-state index is 5.57. The van der Waals surface area contributed by atoms with Crippen molar-refractivity contribution in [2.75, 3.05) is 11.5 Å². The smallest absolute Gasteiger partial charge is 0.126 e. The van der Waals surface area contributed by atoms with Gasteiger partial charge in [0.2, 0.25) is 0 Å². The van der Waals surface area contributed by atoms with Crippen LogP contribution in [0.15, 0.2) is 22.8 Å². The SMILES string of the molecule is CCCCCSC(SCCCCC)c1ccco1. The molecule has 0 spiro atoms. The second-order valence-corrected chi connectivity index (χ2v) is 7.23. The van der Waals surface area contributed by atoms with Crippen molar-refractivity contribution in [3.63, 3.8) is 0 Å². The van der Waals surface area contributed by atoms with Gasteiger partial charge in [-0.3, -0.25) is 0 Å². The Hall–Kier alpha value is -0.0200. The molecule has 0 aliphatic rings. The van der Waals surface area contributed by atoms with Crippen molar-refractivity contribution in [1.82, 2.24) is 0 Å². The average molecular weight is 287 g/mol. The summed E-state index contributed by atoms with van der Waals surface area (Å²) in [5, 5.41) is 0. The van der Waals surface area contributed by atoms with Crippen LogP contribution in [0, 0.1) is 0 Å². The van der Waals surface area contributed by atoms with E-state index >= 15 is 0 Å². The first-order valence-corrected chi connectivity index (χ1v) is 9.24. The fourth-order valence-electron chi connectivity index (χ4n) is 1.72. The highest BCUT2D eigenvalue weighted by atomic mass is 32.2. The fourth-order valence-corrected chi connectivity index (χ4v) is 4.45. The van der Waals surface area contributed by atoms with Gasteiger partial charge in [0.05, 0.1) is 6.26 Å². The Labute approximate surface area is 120 Å². The topological polar surface area (TPSA) is 13.1 Å². The van der Waals surface area contributed by atoms with E-state index in [0.717, 1.165) is 5.76 Å². The summed E-state index contributed by atoms with van der Waals surface area (Å²) in [5.74, 6) is 3.64. The third-order valence-electron chi connectivity index (χ3n) is 2.81. The molecule has 0 aliphatic heterocycles. The first-order chi connectivity index (χ1) is 8.88. The average Bonchev–Trinajstić information content (AvgIpc) is 2.91. The van der Waals surface area contributed by atoms with Crippen molar-refractivity contribution in [3.8, 4) is 0 Å². The van der Waals surface area contributed by atoms with Crippen LogP contribution in [0.25, 0.3) is 0 Å². The predicted molar refractivity (Wildman–Crippen MR) is 85.4 cm³/mol. The van der Waals surface area contributed by atoms with Crippen LogP contribution < -0.4 is 0 Å². The zero-order valence-corrected chi connectivity index (χ0v) is 13.3. The van der Waals surface area contributed by atoms with Gasteiger partial charge in [-0.2, -0.15) is 0 Å². The number of unbranched alkanes of at least 4 members (excludes halogenated alkanes) is 4. The van der Waals surface area contributed by atoms with Crippen LogP contribution in [0.2, 0.25) is 0 Å². The monoisotopic (exact) mass is 286 g/mol. The third kappa shape index (κ3) is 6.79. The van der Waals surface area contributed by atoms with Crippen LogP contribution in [0.1, 0.15) is 62.7 Å². The molecule has 1 aromatic heterocycles. The van der Waals surface area contributed by atoms with Gasteiger partial charge in [-0.25, -0.2) is 0 Å². The van der Waals surface area contributed by atoms with Gasteiger partial charge in [-0.15, -0.1) is 23.5 Å². The quantitative estimate of drug-likeness (QED) is 0.359. The normalized spacial score (nSPS) is 11.3. The second-order valence-electron chi connectivity index (χ2n) is 4.50. The van der Waals surface area contributed by atoms with Gasteiger partial charge in [0.15, 0.2) is 0 Å². The fraction of sp³-hybridized carbons (Fsp3) is 0.733. The van der Waals surface area contributed by atoms with Crippen molar-refractivity contribution in [3.05, 3.63) is 24.2 Å². The van der Waals surface area contributed by atoms with Crippen molar-refractivity contribution in [1.29, 1.82) is 0 Å². The maximum absolute atomic E-state index is 5.57. The molecule has 0 radical (unpaired) electrons. The van der Waals surface area contributed by atoms with Crippen LogP contribution in [-0.4, -0.2) is 11.5 Å². The molecule has 1 nitrogen and oxygen atoms in total. The number of thioether (sulfide) groups is 2. The summed E-state index contributed by atoms with van der Waals surface area (Å²) in [6.07, 6.45) is 9.74. The molecule has 0 atom stereocenters. The molecule has 18 heavy (non-hydrogen) atoms. The van der Waals surface area contributed by atoms with Gasteiger partial charge in [-0.05, 0) is 36.5 Å². The molecule has 0 fully saturated rings. The highest BCUT2D eigenvalue weighted by molar-refractivity contribution is 8.16.